The van der Waals surface area contributed by atoms with Crippen LogP contribution in [-0.2, 0) is 21.9 Å². The third-order valence-corrected chi connectivity index (χ3v) is 7.95. The Morgan fingerprint density at radius 1 is 1.12 bits per heavy atom. The smallest absolute Gasteiger partial charge is 0.243 e. The number of aromatic nitrogens is 2. The van der Waals surface area contributed by atoms with Gasteiger partial charge in [-0.05, 0) is 42.7 Å². The van der Waals surface area contributed by atoms with Crippen molar-refractivity contribution in [1.82, 2.24) is 19.2 Å². The first-order valence-electron chi connectivity index (χ1n) is 10.9. The third kappa shape index (κ3) is 4.94. The quantitative estimate of drug-likeness (QED) is 0.576. The number of carbonyl (C=O) groups is 1. The van der Waals surface area contributed by atoms with Gasteiger partial charge in [0.1, 0.15) is 17.6 Å². The van der Waals surface area contributed by atoms with Crippen LogP contribution in [0.4, 0.5) is 0 Å². The monoisotopic (exact) mass is 468 g/mol. The number of benzene rings is 2. The highest BCUT2D eigenvalue weighted by molar-refractivity contribution is 7.89. The molecule has 1 saturated heterocycles. The second kappa shape index (κ2) is 9.76. The van der Waals surface area contributed by atoms with Crippen molar-refractivity contribution >= 4 is 15.9 Å². The molecule has 0 unspecified atom stereocenters. The number of hydrogen-bond acceptors (Lipinski definition) is 5. The van der Waals surface area contributed by atoms with Crippen molar-refractivity contribution < 1.29 is 17.9 Å². The molecule has 174 valence electrons. The Bertz CT molecular complexity index is 1200. The molecule has 0 aliphatic carbocycles. The molecule has 1 atom stereocenters. The van der Waals surface area contributed by atoms with E-state index in [1.165, 1.54) is 4.31 Å². The van der Waals surface area contributed by atoms with Crippen LogP contribution in [0.25, 0.3) is 0 Å². The van der Waals surface area contributed by atoms with Gasteiger partial charge in [-0.3, -0.25) is 4.79 Å². The maximum atomic E-state index is 13.2. The standard InChI is InChI=1S/C24H28N4O4S/c1-27-16-13-25-23(27)22(19-7-6-8-20(17-19)32-2)26-24(29)18-11-14-28(15-12-18)33(30,31)21-9-4-3-5-10-21/h3-10,13,16-18,22H,11-12,14-15H2,1-2H3,(H,26,29)/t22-/m0/s1. The molecule has 1 N–H and O–H groups in total. The van der Waals surface area contributed by atoms with Gasteiger partial charge in [0, 0.05) is 38.4 Å². The highest BCUT2D eigenvalue weighted by Crippen LogP contribution is 2.27. The summed E-state index contributed by atoms with van der Waals surface area (Å²) in [6.07, 6.45) is 4.45. The van der Waals surface area contributed by atoms with Crippen LogP contribution in [0.5, 0.6) is 5.75 Å². The van der Waals surface area contributed by atoms with E-state index < -0.39 is 16.1 Å². The molecule has 2 aromatic carbocycles. The van der Waals surface area contributed by atoms with Crippen LogP contribution >= 0.6 is 0 Å². The number of aryl methyl sites for hydroxylation is 1. The molecule has 9 heteroatoms. The first-order valence-corrected chi connectivity index (χ1v) is 12.3. The van der Waals surface area contributed by atoms with Gasteiger partial charge in [-0.1, -0.05) is 30.3 Å². The normalized spacial score (nSPS) is 16.3. The van der Waals surface area contributed by atoms with E-state index in [4.69, 9.17) is 4.74 Å². The number of nitrogens with zero attached hydrogens (tertiary/aromatic N) is 3. The van der Waals surface area contributed by atoms with Gasteiger partial charge in [-0.15, -0.1) is 0 Å². The number of piperidine rings is 1. The number of ether oxygens (including phenoxy) is 1. The van der Waals surface area contributed by atoms with E-state index in [9.17, 15) is 13.2 Å². The van der Waals surface area contributed by atoms with Crippen molar-refractivity contribution in [3.8, 4) is 5.75 Å². The minimum atomic E-state index is -3.55. The Labute approximate surface area is 194 Å². The molecular weight excluding hydrogens is 440 g/mol. The molecule has 4 rings (SSSR count). The van der Waals surface area contributed by atoms with Crippen molar-refractivity contribution in [2.24, 2.45) is 13.0 Å². The fourth-order valence-electron chi connectivity index (χ4n) is 4.13. The summed E-state index contributed by atoms with van der Waals surface area (Å²) in [7, 11) is -0.0661. The SMILES string of the molecule is COc1cccc([C@H](NC(=O)C2CCN(S(=O)(=O)c3ccccc3)CC2)c2nccn2C)c1. The Morgan fingerprint density at radius 2 is 1.85 bits per heavy atom. The van der Waals surface area contributed by atoms with Gasteiger partial charge in [0.05, 0.1) is 12.0 Å². The Balaban J connectivity index is 1.48. The van der Waals surface area contributed by atoms with Crippen molar-refractivity contribution in [1.29, 1.82) is 0 Å². The summed E-state index contributed by atoms with van der Waals surface area (Å²) >= 11 is 0. The van der Waals surface area contributed by atoms with Gasteiger partial charge in [-0.25, -0.2) is 13.4 Å². The zero-order valence-corrected chi connectivity index (χ0v) is 19.5. The molecule has 1 amide bonds. The van der Waals surface area contributed by atoms with Crippen LogP contribution < -0.4 is 10.1 Å². The van der Waals surface area contributed by atoms with E-state index in [0.717, 1.165) is 5.56 Å². The van der Waals surface area contributed by atoms with Gasteiger partial charge < -0.3 is 14.6 Å². The van der Waals surface area contributed by atoms with E-state index in [1.807, 2.05) is 42.1 Å². The summed E-state index contributed by atoms with van der Waals surface area (Å²) < 4.78 is 34.5. The molecule has 8 nitrogen and oxygen atoms in total. The third-order valence-electron chi connectivity index (χ3n) is 6.04. The molecule has 0 radical (unpaired) electrons. The van der Waals surface area contributed by atoms with E-state index >= 15 is 0 Å². The van der Waals surface area contributed by atoms with Crippen molar-refractivity contribution in [3.63, 3.8) is 0 Å². The summed E-state index contributed by atoms with van der Waals surface area (Å²) in [5.41, 5.74) is 0.862. The summed E-state index contributed by atoms with van der Waals surface area (Å²) in [5, 5.41) is 3.14. The molecule has 1 aliphatic rings. The van der Waals surface area contributed by atoms with E-state index in [0.29, 0.717) is 37.5 Å². The van der Waals surface area contributed by atoms with Crippen LogP contribution in [0, 0.1) is 5.92 Å². The zero-order chi connectivity index (χ0) is 23.4. The molecule has 0 saturated carbocycles. The topological polar surface area (TPSA) is 93.5 Å². The minimum Gasteiger partial charge on any atom is -0.497 e. The van der Waals surface area contributed by atoms with Crippen LogP contribution in [0.3, 0.4) is 0 Å². The Morgan fingerprint density at radius 3 is 2.48 bits per heavy atom. The minimum absolute atomic E-state index is 0.109. The van der Waals surface area contributed by atoms with E-state index in [1.54, 1.807) is 43.6 Å². The summed E-state index contributed by atoms with van der Waals surface area (Å²) in [4.78, 5) is 17.9. The number of rotatable bonds is 7. The lowest BCUT2D eigenvalue weighted by Crippen LogP contribution is -2.44. The van der Waals surface area contributed by atoms with Crippen LogP contribution in [0.2, 0.25) is 0 Å². The van der Waals surface area contributed by atoms with Crippen LogP contribution in [0.1, 0.15) is 30.3 Å². The predicted molar refractivity (Wildman–Crippen MR) is 124 cm³/mol. The molecule has 1 fully saturated rings. The van der Waals surface area contributed by atoms with E-state index in [2.05, 4.69) is 10.3 Å². The number of methoxy groups -OCH3 is 1. The Kier molecular flexibility index (Phi) is 6.80. The fourth-order valence-corrected chi connectivity index (χ4v) is 5.62. The highest BCUT2D eigenvalue weighted by atomic mass is 32.2. The van der Waals surface area contributed by atoms with Crippen LogP contribution in [-0.4, -0.2) is 48.4 Å². The molecule has 2 heterocycles. The highest BCUT2D eigenvalue weighted by Gasteiger charge is 2.33. The lowest BCUT2D eigenvalue weighted by atomic mass is 9.96. The number of nitrogens with one attached hydrogen (secondary N) is 1. The number of sulfonamides is 1. The second-order valence-corrected chi connectivity index (χ2v) is 10.0. The molecule has 1 aromatic heterocycles. The zero-order valence-electron chi connectivity index (χ0n) is 18.7. The fraction of sp³-hybridized carbons (Fsp3) is 0.333. The van der Waals surface area contributed by atoms with Crippen molar-refractivity contribution in [2.75, 3.05) is 20.2 Å². The lowest BCUT2D eigenvalue weighted by molar-refractivity contribution is -0.126. The van der Waals surface area contributed by atoms with Gasteiger partial charge in [0.15, 0.2) is 0 Å². The average Bonchev–Trinajstić information content (AvgIpc) is 3.28. The number of hydrogen-bond donors (Lipinski definition) is 1. The van der Waals surface area contributed by atoms with Gasteiger partial charge in [-0.2, -0.15) is 4.31 Å². The van der Waals surface area contributed by atoms with Gasteiger partial charge >= 0.3 is 0 Å². The predicted octanol–water partition coefficient (Wildman–Crippen LogP) is 2.74. The summed E-state index contributed by atoms with van der Waals surface area (Å²) in [6.45, 7) is 0.614. The summed E-state index contributed by atoms with van der Waals surface area (Å²) in [5.74, 6) is 1.02. The van der Waals surface area contributed by atoms with Gasteiger partial charge in [0.25, 0.3) is 0 Å². The number of amides is 1. The molecule has 0 bridgehead atoms. The lowest BCUT2D eigenvalue weighted by Gasteiger charge is -2.31. The van der Waals surface area contributed by atoms with E-state index in [-0.39, 0.29) is 16.7 Å². The largest absolute Gasteiger partial charge is 0.497 e. The second-order valence-electron chi connectivity index (χ2n) is 8.11. The van der Waals surface area contributed by atoms with Gasteiger partial charge in [0.2, 0.25) is 15.9 Å². The molecule has 0 spiro atoms. The molecule has 33 heavy (non-hydrogen) atoms. The van der Waals surface area contributed by atoms with Crippen molar-refractivity contribution in [3.05, 3.63) is 78.4 Å². The maximum Gasteiger partial charge on any atom is 0.243 e. The summed E-state index contributed by atoms with van der Waals surface area (Å²) in [6, 6.07) is 15.5. The van der Waals surface area contributed by atoms with Crippen LogP contribution in [0.15, 0.2) is 71.9 Å². The maximum absolute atomic E-state index is 13.2. The molecular formula is C24H28N4O4S. The molecule has 3 aromatic rings. The number of imidazole rings is 1. The average molecular weight is 469 g/mol. The first-order chi connectivity index (χ1) is 15.9. The number of carbonyl (C=O) groups excluding carboxylic acids is 1. The molecule has 1 aliphatic heterocycles. The first kappa shape index (κ1) is 23.0. The van der Waals surface area contributed by atoms with Crippen molar-refractivity contribution in [2.45, 2.75) is 23.8 Å². The Hall–Kier alpha value is -3.17.